The summed E-state index contributed by atoms with van der Waals surface area (Å²) in [5, 5.41) is 19.8. The number of hydrogen-bond acceptors (Lipinski definition) is 5. The topological polar surface area (TPSA) is 109 Å². The van der Waals surface area contributed by atoms with Crippen LogP contribution in [0.15, 0.2) is 47.5 Å². The molecule has 0 aliphatic carbocycles. The molecule has 1 aliphatic heterocycles. The summed E-state index contributed by atoms with van der Waals surface area (Å²) >= 11 is 0. The van der Waals surface area contributed by atoms with Crippen LogP contribution in [-0.4, -0.2) is 48.8 Å². The number of nitriles is 1. The molecule has 3 rings (SSSR count). The number of hydrogen-bond donors (Lipinski definition) is 2. The van der Waals surface area contributed by atoms with E-state index in [1.807, 2.05) is 19.9 Å². The van der Waals surface area contributed by atoms with Gasteiger partial charge in [-0.3, -0.25) is 9.59 Å². The van der Waals surface area contributed by atoms with Crippen molar-refractivity contribution in [3.63, 3.8) is 0 Å². The molecule has 8 heteroatoms. The minimum Gasteiger partial charge on any atom is -0.333 e. The highest BCUT2D eigenvalue weighted by molar-refractivity contribution is 6.05. The van der Waals surface area contributed by atoms with Gasteiger partial charge in [0.2, 0.25) is 5.91 Å². The molecule has 2 amide bonds. The van der Waals surface area contributed by atoms with Crippen LogP contribution in [0.4, 0.5) is 10.1 Å². The first-order chi connectivity index (χ1) is 15.8. The summed E-state index contributed by atoms with van der Waals surface area (Å²) in [5.41, 5.74) is 1.19. The monoisotopic (exact) mass is 447 g/mol. The van der Waals surface area contributed by atoms with E-state index in [0.29, 0.717) is 17.7 Å². The summed E-state index contributed by atoms with van der Waals surface area (Å²) in [7, 11) is 1.58. The molecule has 0 aromatic heterocycles. The number of anilines is 1. The normalized spacial score (nSPS) is 18.7. The molecule has 33 heavy (non-hydrogen) atoms. The van der Waals surface area contributed by atoms with Crippen molar-refractivity contribution in [1.29, 1.82) is 10.7 Å². The molecular formula is C25H26FN5O2. The minimum atomic E-state index is -0.837. The Labute approximate surface area is 192 Å². The second-order valence-electron chi connectivity index (χ2n) is 8.39. The first kappa shape index (κ1) is 23.8. The van der Waals surface area contributed by atoms with Crippen LogP contribution in [0.1, 0.15) is 41.3 Å². The molecule has 3 atom stereocenters. The lowest BCUT2D eigenvalue weighted by atomic mass is 9.76. The Hall–Kier alpha value is -3.86. The molecule has 0 saturated carbocycles. The summed E-state index contributed by atoms with van der Waals surface area (Å²) in [5.74, 6) is -2.63. The molecule has 1 aliphatic rings. The third-order valence-corrected chi connectivity index (χ3v) is 5.54. The number of nitrogens with zero attached hydrogens (tertiary/aromatic N) is 3. The Kier molecular flexibility index (Phi) is 7.34. The summed E-state index contributed by atoms with van der Waals surface area (Å²) in [6.07, 6.45) is 2.74. The van der Waals surface area contributed by atoms with Gasteiger partial charge in [0.1, 0.15) is 5.82 Å². The highest BCUT2D eigenvalue weighted by Crippen LogP contribution is 2.37. The van der Waals surface area contributed by atoms with Gasteiger partial charge in [-0.25, -0.2) is 4.39 Å². The number of carbonyl (C=O) groups is 2. The molecule has 2 aromatic rings. The van der Waals surface area contributed by atoms with Crippen molar-refractivity contribution < 1.29 is 14.0 Å². The number of carbonyl (C=O) groups excluding carboxylic acids is 2. The third-order valence-electron chi connectivity index (χ3n) is 5.54. The van der Waals surface area contributed by atoms with Gasteiger partial charge in [0.15, 0.2) is 0 Å². The van der Waals surface area contributed by atoms with Gasteiger partial charge >= 0.3 is 0 Å². The smallest absolute Gasteiger partial charge is 0.254 e. The van der Waals surface area contributed by atoms with E-state index < -0.39 is 29.6 Å². The van der Waals surface area contributed by atoms with Gasteiger partial charge in [-0.2, -0.15) is 5.26 Å². The standard InChI is InChI=1S/C25H26FN5O2/c1-15(2)14-31-23(17(12-28)13-29-3)22(20-6-4-5-7-21(20)25(31)33)24(32)30-19-9-16(11-27)8-18(26)10-19/h4-10,12-13,15,17,22-23,28H,14H2,1-3H3,(H,30,32). The van der Waals surface area contributed by atoms with E-state index >= 15 is 0 Å². The van der Waals surface area contributed by atoms with Crippen LogP contribution in [0, 0.1) is 34.4 Å². The fourth-order valence-electron chi connectivity index (χ4n) is 4.29. The van der Waals surface area contributed by atoms with Crippen LogP contribution in [0.5, 0.6) is 0 Å². The molecule has 0 spiro atoms. The van der Waals surface area contributed by atoms with E-state index in [4.69, 9.17) is 10.7 Å². The average Bonchev–Trinajstić information content (AvgIpc) is 2.78. The quantitative estimate of drug-likeness (QED) is 0.629. The Morgan fingerprint density at radius 2 is 2.06 bits per heavy atom. The molecule has 0 radical (unpaired) electrons. The molecule has 2 aromatic carbocycles. The number of amides is 2. The van der Waals surface area contributed by atoms with Crippen LogP contribution in [-0.2, 0) is 4.79 Å². The Balaban J connectivity index is 2.14. The molecule has 0 saturated heterocycles. The van der Waals surface area contributed by atoms with Gasteiger partial charge in [-0.05, 0) is 35.7 Å². The molecule has 170 valence electrons. The fourth-order valence-corrected chi connectivity index (χ4v) is 4.29. The third kappa shape index (κ3) is 4.98. The maximum atomic E-state index is 14.0. The zero-order chi connectivity index (χ0) is 24.1. The van der Waals surface area contributed by atoms with Gasteiger partial charge in [-0.1, -0.05) is 32.0 Å². The summed E-state index contributed by atoms with van der Waals surface area (Å²) < 4.78 is 14.0. The second kappa shape index (κ2) is 10.2. The molecule has 3 unspecified atom stereocenters. The Morgan fingerprint density at radius 1 is 1.33 bits per heavy atom. The predicted octanol–water partition coefficient (Wildman–Crippen LogP) is 3.87. The van der Waals surface area contributed by atoms with E-state index in [1.165, 1.54) is 12.3 Å². The first-order valence-corrected chi connectivity index (χ1v) is 10.6. The average molecular weight is 448 g/mol. The largest absolute Gasteiger partial charge is 0.333 e. The van der Waals surface area contributed by atoms with E-state index in [0.717, 1.165) is 12.1 Å². The number of nitrogens with one attached hydrogen (secondary N) is 2. The van der Waals surface area contributed by atoms with Crippen LogP contribution in [0.3, 0.4) is 0 Å². The zero-order valence-electron chi connectivity index (χ0n) is 18.7. The zero-order valence-corrected chi connectivity index (χ0v) is 18.7. The van der Waals surface area contributed by atoms with Crippen molar-refractivity contribution in [3.05, 3.63) is 65.0 Å². The first-order valence-electron chi connectivity index (χ1n) is 10.6. The second-order valence-corrected chi connectivity index (χ2v) is 8.39. The molecule has 0 bridgehead atoms. The molecule has 2 N–H and O–H groups in total. The number of halogens is 1. The van der Waals surface area contributed by atoms with Crippen molar-refractivity contribution in [2.45, 2.75) is 25.8 Å². The van der Waals surface area contributed by atoms with E-state index in [-0.39, 0.29) is 23.1 Å². The van der Waals surface area contributed by atoms with Gasteiger partial charge in [0.05, 0.1) is 29.5 Å². The molecule has 1 heterocycles. The van der Waals surface area contributed by atoms with Crippen molar-refractivity contribution in [3.8, 4) is 6.07 Å². The Morgan fingerprint density at radius 3 is 2.70 bits per heavy atom. The van der Waals surface area contributed by atoms with E-state index in [1.54, 1.807) is 42.4 Å². The number of rotatable bonds is 7. The maximum Gasteiger partial charge on any atom is 0.254 e. The SMILES string of the molecule is CN=CC(C=N)C1C(C(=O)Nc2cc(F)cc(C#N)c2)c2ccccc2C(=O)N1CC(C)C. The van der Waals surface area contributed by atoms with E-state index in [2.05, 4.69) is 10.3 Å². The molecular weight excluding hydrogens is 421 g/mol. The van der Waals surface area contributed by atoms with Gasteiger partial charge in [0.25, 0.3) is 5.91 Å². The molecule has 0 fully saturated rings. The number of benzene rings is 2. The highest BCUT2D eigenvalue weighted by atomic mass is 19.1. The maximum absolute atomic E-state index is 14.0. The van der Waals surface area contributed by atoms with Crippen molar-refractivity contribution in [2.24, 2.45) is 16.8 Å². The summed E-state index contributed by atoms with van der Waals surface area (Å²) in [6, 6.07) is 11.7. The van der Waals surface area contributed by atoms with Gasteiger partial charge in [0, 0.05) is 37.3 Å². The van der Waals surface area contributed by atoms with Crippen molar-refractivity contribution in [1.82, 2.24) is 4.90 Å². The van der Waals surface area contributed by atoms with E-state index in [9.17, 15) is 14.0 Å². The van der Waals surface area contributed by atoms with Crippen molar-refractivity contribution in [2.75, 3.05) is 18.9 Å². The van der Waals surface area contributed by atoms with Crippen LogP contribution < -0.4 is 5.32 Å². The van der Waals surface area contributed by atoms with Crippen LogP contribution in [0.2, 0.25) is 0 Å². The van der Waals surface area contributed by atoms with Gasteiger partial charge in [-0.15, -0.1) is 0 Å². The van der Waals surface area contributed by atoms with Crippen LogP contribution in [0.25, 0.3) is 0 Å². The minimum absolute atomic E-state index is 0.0815. The predicted molar refractivity (Wildman–Crippen MR) is 125 cm³/mol. The van der Waals surface area contributed by atoms with Crippen LogP contribution >= 0.6 is 0 Å². The summed E-state index contributed by atoms with van der Waals surface area (Å²) in [6.45, 7) is 4.34. The summed E-state index contributed by atoms with van der Waals surface area (Å²) in [4.78, 5) is 32.8. The fraction of sp³-hybridized carbons (Fsp3) is 0.320. The lowest BCUT2D eigenvalue weighted by Crippen LogP contribution is -2.56. The lowest BCUT2D eigenvalue weighted by molar-refractivity contribution is -0.119. The lowest BCUT2D eigenvalue weighted by Gasteiger charge is -2.44. The van der Waals surface area contributed by atoms with Gasteiger partial charge < -0.3 is 20.6 Å². The number of aliphatic imine (C=N–C) groups is 1. The number of fused-ring (bicyclic) bond motifs is 1. The molecule has 7 nitrogen and oxygen atoms in total. The highest BCUT2D eigenvalue weighted by Gasteiger charge is 2.46. The van der Waals surface area contributed by atoms with Crippen molar-refractivity contribution >= 4 is 29.9 Å². The Bertz CT molecular complexity index is 1140.